The molecule has 1 aromatic carbocycles. The highest BCUT2D eigenvalue weighted by atomic mass is 32.2. The van der Waals surface area contributed by atoms with Crippen molar-refractivity contribution < 1.29 is 22.9 Å². The number of benzene rings is 1. The van der Waals surface area contributed by atoms with E-state index < -0.39 is 43.4 Å². The minimum absolute atomic E-state index is 0.216. The van der Waals surface area contributed by atoms with Crippen molar-refractivity contribution >= 4 is 15.8 Å². The first kappa shape index (κ1) is 15.4. The van der Waals surface area contributed by atoms with Crippen LogP contribution in [0.1, 0.15) is 24.2 Å². The van der Waals surface area contributed by atoms with E-state index >= 15 is 0 Å². The number of nitrogens with zero attached hydrogens (tertiary/aromatic N) is 1. The summed E-state index contributed by atoms with van der Waals surface area (Å²) in [4.78, 5) is 22.7. The SMILES string of the molecule is CC1(OC(=O)c2ccccc2)CS(=O)(=O)CC1(C)[N+](=O)[O-]. The van der Waals surface area contributed by atoms with Gasteiger partial charge in [-0.2, -0.15) is 0 Å². The molecule has 7 nitrogen and oxygen atoms in total. The van der Waals surface area contributed by atoms with Crippen LogP contribution < -0.4 is 0 Å². The van der Waals surface area contributed by atoms with Gasteiger partial charge in [-0.3, -0.25) is 10.1 Å². The Hall–Kier alpha value is -1.96. The van der Waals surface area contributed by atoms with Crippen molar-refractivity contribution in [1.82, 2.24) is 0 Å². The molecule has 1 heterocycles. The minimum Gasteiger partial charge on any atom is -0.447 e. The molecule has 1 aromatic rings. The molecule has 0 bridgehead atoms. The molecule has 1 aliphatic rings. The van der Waals surface area contributed by atoms with Crippen LogP contribution in [-0.2, 0) is 14.6 Å². The second kappa shape index (κ2) is 4.80. The smallest absolute Gasteiger partial charge is 0.338 e. The quantitative estimate of drug-likeness (QED) is 0.469. The third-order valence-corrected chi connectivity index (χ3v) is 5.86. The largest absolute Gasteiger partial charge is 0.447 e. The van der Waals surface area contributed by atoms with E-state index in [9.17, 15) is 23.3 Å². The zero-order valence-electron chi connectivity index (χ0n) is 11.6. The Labute approximate surface area is 122 Å². The lowest BCUT2D eigenvalue weighted by molar-refractivity contribution is -0.578. The minimum atomic E-state index is -3.65. The van der Waals surface area contributed by atoms with Crippen LogP contribution in [0.4, 0.5) is 0 Å². The van der Waals surface area contributed by atoms with E-state index in [0.29, 0.717) is 0 Å². The molecule has 2 unspecified atom stereocenters. The van der Waals surface area contributed by atoms with Crippen LogP contribution in [0, 0.1) is 10.1 Å². The van der Waals surface area contributed by atoms with E-state index in [-0.39, 0.29) is 5.56 Å². The number of hydrogen-bond donors (Lipinski definition) is 0. The summed E-state index contributed by atoms with van der Waals surface area (Å²) in [6, 6.07) is 7.95. The molecule has 2 rings (SSSR count). The normalized spacial score (nSPS) is 30.8. The molecular weight excluding hydrogens is 298 g/mol. The topological polar surface area (TPSA) is 104 Å². The molecule has 1 saturated heterocycles. The lowest BCUT2D eigenvalue weighted by Gasteiger charge is -2.31. The van der Waals surface area contributed by atoms with Crippen LogP contribution in [0.3, 0.4) is 0 Å². The van der Waals surface area contributed by atoms with Crippen molar-refractivity contribution in [2.75, 3.05) is 11.5 Å². The van der Waals surface area contributed by atoms with Crippen molar-refractivity contribution in [1.29, 1.82) is 0 Å². The molecule has 1 fully saturated rings. The van der Waals surface area contributed by atoms with Gasteiger partial charge in [0.15, 0.2) is 15.4 Å². The fraction of sp³-hybridized carbons (Fsp3) is 0.462. The Morgan fingerprint density at radius 3 is 2.33 bits per heavy atom. The van der Waals surface area contributed by atoms with E-state index in [2.05, 4.69) is 0 Å². The number of nitro groups is 1. The maximum absolute atomic E-state index is 12.1. The number of hydrogen-bond acceptors (Lipinski definition) is 6. The Kier molecular flexibility index (Phi) is 3.53. The van der Waals surface area contributed by atoms with Gasteiger partial charge >= 0.3 is 5.97 Å². The third-order valence-electron chi connectivity index (χ3n) is 3.87. The number of esters is 1. The maximum Gasteiger partial charge on any atom is 0.338 e. The molecule has 0 saturated carbocycles. The summed E-state index contributed by atoms with van der Waals surface area (Å²) in [5.41, 5.74) is -3.35. The zero-order chi connectivity index (χ0) is 15.9. The number of carbonyl (C=O) groups is 1. The second-order valence-electron chi connectivity index (χ2n) is 5.55. The summed E-state index contributed by atoms with van der Waals surface area (Å²) in [5, 5.41) is 11.3. The standard InChI is InChI=1S/C13H15NO6S/c1-12(14(16)17)8-21(18,19)9-13(12,2)20-11(15)10-6-4-3-5-7-10/h3-7H,8-9H2,1-2H3. The Morgan fingerprint density at radius 2 is 1.81 bits per heavy atom. The van der Waals surface area contributed by atoms with Gasteiger partial charge in [0.25, 0.3) is 5.54 Å². The lowest BCUT2D eigenvalue weighted by Crippen LogP contribution is -2.56. The average molecular weight is 313 g/mol. The van der Waals surface area contributed by atoms with Gasteiger partial charge in [-0.1, -0.05) is 18.2 Å². The molecule has 0 aromatic heterocycles. The first-order valence-electron chi connectivity index (χ1n) is 6.23. The molecule has 114 valence electrons. The van der Waals surface area contributed by atoms with Crippen LogP contribution in [0.5, 0.6) is 0 Å². The molecule has 2 atom stereocenters. The molecule has 1 aliphatic heterocycles. The number of ether oxygens (including phenoxy) is 1. The van der Waals surface area contributed by atoms with Crippen molar-refractivity contribution in [3.8, 4) is 0 Å². The Balaban J connectivity index is 2.36. The second-order valence-corrected chi connectivity index (χ2v) is 7.61. The highest BCUT2D eigenvalue weighted by Gasteiger charge is 2.67. The van der Waals surface area contributed by atoms with Gasteiger partial charge in [0.1, 0.15) is 5.75 Å². The van der Waals surface area contributed by atoms with Crippen molar-refractivity contribution in [3.05, 3.63) is 46.0 Å². The predicted molar refractivity (Wildman–Crippen MR) is 74.3 cm³/mol. The summed E-state index contributed by atoms with van der Waals surface area (Å²) < 4.78 is 28.8. The van der Waals surface area contributed by atoms with Crippen LogP contribution in [0.15, 0.2) is 30.3 Å². The Morgan fingerprint density at radius 1 is 1.24 bits per heavy atom. The van der Waals surface area contributed by atoms with Crippen molar-refractivity contribution in [2.24, 2.45) is 0 Å². The van der Waals surface area contributed by atoms with Gasteiger partial charge in [-0.05, 0) is 19.1 Å². The average Bonchev–Trinajstić information content (AvgIpc) is 2.56. The molecule has 8 heteroatoms. The first-order valence-corrected chi connectivity index (χ1v) is 8.05. The fourth-order valence-corrected chi connectivity index (χ4v) is 5.01. The van der Waals surface area contributed by atoms with Crippen molar-refractivity contribution in [2.45, 2.75) is 25.0 Å². The van der Waals surface area contributed by atoms with Gasteiger partial charge in [0.2, 0.25) is 0 Å². The van der Waals surface area contributed by atoms with Crippen molar-refractivity contribution in [3.63, 3.8) is 0 Å². The van der Waals surface area contributed by atoms with Crippen LogP contribution >= 0.6 is 0 Å². The van der Waals surface area contributed by atoms with E-state index in [1.807, 2.05) is 0 Å². The number of rotatable bonds is 3. The van der Waals surface area contributed by atoms with Crippen LogP contribution in [0.2, 0.25) is 0 Å². The fourth-order valence-electron chi connectivity index (χ4n) is 2.43. The lowest BCUT2D eigenvalue weighted by atomic mass is 9.86. The highest BCUT2D eigenvalue weighted by Crippen LogP contribution is 2.39. The summed E-state index contributed by atoms with van der Waals surface area (Å²) in [7, 11) is -3.65. The molecule has 0 radical (unpaired) electrons. The van der Waals surface area contributed by atoms with Gasteiger partial charge in [0, 0.05) is 11.8 Å². The van der Waals surface area contributed by atoms with Gasteiger partial charge < -0.3 is 4.74 Å². The van der Waals surface area contributed by atoms with Gasteiger partial charge in [0.05, 0.1) is 11.3 Å². The summed E-state index contributed by atoms with van der Waals surface area (Å²) in [6.45, 7) is 2.48. The summed E-state index contributed by atoms with van der Waals surface area (Å²) in [6.07, 6.45) is 0. The highest BCUT2D eigenvalue weighted by molar-refractivity contribution is 7.91. The van der Waals surface area contributed by atoms with Crippen LogP contribution in [0.25, 0.3) is 0 Å². The molecule has 0 spiro atoms. The van der Waals surface area contributed by atoms with E-state index in [1.54, 1.807) is 18.2 Å². The summed E-state index contributed by atoms with van der Waals surface area (Å²) >= 11 is 0. The number of sulfone groups is 1. The van der Waals surface area contributed by atoms with E-state index in [1.165, 1.54) is 26.0 Å². The Bertz CT molecular complexity index is 686. The first-order chi connectivity index (χ1) is 9.60. The third kappa shape index (κ3) is 2.63. The monoisotopic (exact) mass is 313 g/mol. The molecule has 21 heavy (non-hydrogen) atoms. The van der Waals surface area contributed by atoms with Gasteiger partial charge in [-0.15, -0.1) is 0 Å². The molecular formula is C13H15NO6S. The van der Waals surface area contributed by atoms with E-state index in [4.69, 9.17) is 4.74 Å². The predicted octanol–water partition coefficient (Wildman–Crippen LogP) is 1.07. The van der Waals surface area contributed by atoms with Gasteiger partial charge in [-0.25, -0.2) is 13.2 Å². The zero-order valence-corrected chi connectivity index (χ0v) is 12.4. The molecule has 0 N–H and O–H groups in total. The maximum atomic E-state index is 12.1. The molecule has 0 amide bonds. The molecule has 0 aliphatic carbocycles. The number of carbonyl (C=O) groups excluding carboxylic acids is 1. The van der Waals surface area contributed by atoms with E-state index in [0.717, 1.165) is 0 Å². The summed E-state index contributed by atoms with van der Waals surface area (Å²) in [5.74, 6) is -1.98. The van der Waals surface area contributed by atoms with Crippen LogP contribution in [-0.4, -0.2) is 42.0 Å².